The van der Waals surface area contributed by atoms with Crippen LogP contribution in [0.1, 0.15) is 97.8 Å². The van der Waals surface area contributed by atoms with Crippen LogP contribution in [0, 0.1) is 5.41 Å². The molecule has 0 aliphatic heterocycles. The molecular weight excluding hydrogens is 252 g/mol. The highest BCUT2D eigenvalue weighted by molar-refractivity contribution is 7.96. The molecule has 0 spiro atoms. The minimum atomic E-state index is 0.0373. The molecule has 0 atom stereocenters. The molecule has 0 heterocycles. The van der Waals surface area contributed by atoms with E-state index >= 15 is 0 Å². The Morgan fingerprint density at radius 1 is 0.737 bits per heavy atom. The zero-order valence-electron chi connectivity index (χ0n) is 13.3. The van der Waals surface area contributed by atoms with Gasteiger partial charge >= 0.3 is 0 Å². The normalized spacial score (nSPS) is 11.8. The molecule has 0 fully saturated rings. The van der Waals surface area contributed by atoms with Crippen molar-refractivity contribution in [3.8, 4) is 0 Å². The van der Waals surface area contributed by atoms with E-state index in [0.29, 0.717) is 11.8 Å². The molecule has 0 rings (SSSR count). The number of thiol groups is 1. The fraction of sp³-hybridized carbons (Fsp3) is 0.941. The Balaban J connectivity index is 3.05. The first kappa shape index (κ1) is 19.0. The van der Waals surface area contributed by atoms with Crippen LogP contribution in [-0.2, 0) is 4.79 Å². The zero-order chi connectivity index (χ0) is 14.6. The lowest BCUT2D eigenvalue weighted by Gasteiger charge is -2.17. The smallest absolute Gasteiger partial charge is 0.185 e. The van der Waals surface area contributed by atoms with Crippen LogP contribution in [0.25, 0.3) is 0 Å². The van der Waals surface area contributed by atoms with E-state index in [1.54, 1.807) is 0 Å². The van der Waals surface area contributed by atoms with Gasteiger partial charge in [-0.25, -0.2) is 0 Å². The SMILES string of the molecule is CC(C)(C)CCCCCCCCCCCCC(=O)S. The molecule has 0 unspecified atom stereocenters. The lowest BCUT2D eigenvalue weighted by Crippen LogP contribution is -2.03. The Hall–Kier alpha value is 0.0200. The lowest BCUT2D eigenvalue weighted by atomic mass is 9.89. The van der Waals surface area contributed by atoms with E-state index in [-0.39, 0.29) is 5.12 Å². The summed E-state index contributed by atoms with van der Waals surface area (Å²) >= 11 is 3.78. The predicted octanol–water partition coefficient (Wildman–Crippen LogP) is 6.17. The molecule has 0 aromatic heterocycles. The first-order valence-electron chi connectivity index (χ1n) is 8.13. The fourth-order valence-electron chi connectivity index (χ4n) is 2.35. The molecule has 0 aromatic carbocycles. The molecule has 0 bridgehead atoms. The summed E-state index contributed by atoms with van der Waals surface area (Å²) in [6.45, 7) is 6.98. The van der Waals surface area contributed by atoms with Crippen molar-refractivity contribution in [3.63, 3.8) is 0 Å². The highest BCUT2D eigenvalue weighted by Gasteiger charge is 2.08. The van der Waals surface area contributed by atoms with Crippen LogP contribution < -0.4 is 0 Å². The van der Waals surface area contributed by atoms with Gasteiger partial charge in [0.15, 0.2) is 5.12 Å². The third kappa shape index (κ3) is 18.0. The maximum atomic E-state index is 10.6. The second-order valence-electron chi connectivity index (χ2n) is 6.99. The van der Waals surface area contributed by atoms with E-state index < -0.39 is 0 Å². The Kier molecular flexibility index (Phi) is 11.8. The van der Waals surface area contributed by atoms with Gasteiger partial charge in [-0.15, -0.1) is 12.6 Å². The molecule has 0 aliphatic carbocycles. The van der Waals surface area contributed by atoms with Crippen LogP contribution in [0.5, 0.6) is 0 Å². The highest BCUT2D eigenvalue weighted by atomic mass is 32.1. The van der Waals surface area contributed by atoms with Crippen molar-refractivity contribution in [2.45, 2.75) is 97.8 Å². The number of rotatable bonds is 12. The van der Waals surface area contributed by atoms with Crippen molar-refractivity contribution in [1.29, 1.82) is 0 Å². The van der Waals surface area contributed by atoms with Crippen LogP contribution >= 0.6 is 12.6 Å². The molecule has 2 heteroatoms. The highest BCUT2D eigenvalue weighted by Crippen LogP contribution is 2.22. The maximum Gasteiger partial charge on any atom is 0.185 e. The third-order valence-corrected chi connectivity index (χ3v) is 3.79. The van der Waals surface area contributed by atoms with E-state index in [1.165, 1.54) is 64.2 Å². The summed E-state index contributed by atoms with van der Waals surface area (Å²) in [7, 11) is 0. The van der Waals surface area contributed by atoms with Crippen molar-refractivity contribution < 1.29 is 4.79 Å². The quantitative estimate of drug-likeness (QED) is 0.335. The first-order chi connectivity index (χ1) is 8.92. The summed E-state index contributed by atoms with van der Waals surface area (Å²) in [5, 5.41) is 0.0373. The monoisotopic (exact) mass is 286 g/mol. The Morgan fingerprint density at radius 3 is 1.47 bits per heavy atom. The van der Waals surface area contributed by atoms with Gasteiger partial charge in [0.05, 0.1) is 0 Å². The van der Waals surface area contributed by atoms with Gasteiger partial charge in [0.25, 0.3) is 0 Å². The molecular formula is C17H34OS. The summed E-state index contributed by atoms with van der Waals surface area (Å²) < 4.78 is 0. The van der Waals surface area contributed by atoms with Gasteiger partial charge in [-0.2, -0.15) is 0 Å². The van der Waals surface area contributed by atoms with E-state index in [9.17, 15) is 4.79 Å². The van der Waals surface area contributed by atoms with Crippen LogP contribution in [0.2, 0.25) is 0 Å². The van der Waals surface area contributed by atoms with Crippen LogP contribution in [0.15, 0.2) is 0 Å². The standard InChI is InChI=1S/C17H34OS/c1-17(2,3)15-13-11-9-7-5-4-6-8-10-12-14-16(18)19/h4-15H2,1-3H3,(H,18,19). The average molecular weight is 287 g/mol. The minimum absolute atomic E-state index is 0.0373. The van der Waals surface area contributed by atoms with Crippen molar-refractivity contribution in [1.82, 2.24) is 0 Å². The Morgan fingerprint density at radius 2 is 1.11 bits per heavy atom. The molecule has 1 nitrogen and oxygen atoms in total. The average Bonchev–Trinajstić information content (AvgIpc) is 2.28. The largest absolute Gasteiger partial charge is 0.288 e. The molecule has 0 saturated heterocycles. The number of hydrogen-bond acceptors (Lipinski definition) is 1. The second kappa shape index (κ2) is 11.8. The molecule has 0 saturated carbocycles. The van der Waals surface area contributed by atoms with Gasteiger partial charge in [-0.3, -0.25) is 4.79 Å². The summed E-state index contributed by atoms with van der Waals surface area (Å²) in [5.41, 5.74) is 0.508. The molecule has 0 aliphatic rings. The van der Waals surface area contributed by atoms with E-state index in [2.05, 4.69) is 33.4 Å². The van der Waals surface area contributed by atoms with Gasteiger partial charge in [-0.05, 0) is 18.3 Å². The lowest BCUT2D eigenvalue weighted by molar-refractivity contribution is -0.110. The molecule has 19 heavy (non-hydrogen) atoms. The van der Waals surface area contributed by atoms with Gasteiger partial charge < -0.3 is 0 Å². The number of carbonyl (C=O) groups is 1. The van der Waals surface area contributed by atoms with Crippen molar-refractivity contribution >= 4 is 17.7 Å². The predicted molar refractivity (Wildman–Crippen MR) is 88.9 cm³/mol. The second-order valence-corrected chi connectivity index (χ2v) is 7.49. The van der Waals surface area contributed by atoms with Gasteiger partial charge in [0, 0.05) is 6.42 Å². The van der Waals surface area contributed by atoms with Crippen LogP contribution in [0.4, 0.5) is 0 Å². The van der Waals surface area contributed by atoms with Gasteiger partial charge in [-0.1, -0.05) is 78.6 Å². The molecule has 114 valence electrons. The topological polar surface area (TPSA) is 17.1 Å². The number of unbranched alkanes of at least 4 members (excludes halogenated alkanes) is 9. The Bertz CT molecular complexity index is 218. The molecule has 0 N–H and O–H groups in total. The number of hydrogen-bond donors (Lipinski definition) is 1. The van der Waals surface area contributed by atoms with E-state index in [4.69, 9.17) is 0 Å². The van der Waals surface area contributed by atoms with E-state index in [0.717, 1.165) is 6.42 Å². The molecule has 0 amide bonds. The van der Waals surface area contributed by atoms with Crippen LogP contribution in [0.3, 0.4) is 0 Å². The fourth-order valence-corrected chi connectivity index (χ4v) is 2.50. The summed E-state index contributed by atoms with van der Waals surface area (Å²) in [6, 6.07) is 0. The van der Waals surface area contributed by atoms with E-state index in [1.807, 2.05) is 0 Å². The Labute approximate surface area is 126 Å². The van der Waals surface area contributed by atoms with Crippen LogP contribution in [-0.4, -0.2) is 5.12 Å². The van der Waals surface area contributed by atoms with Crippen molar-refractivity contribution in [3.05, 3.63) is 0 Å². The molecule has 0 aromatic rings. The maximum absolute atomic E-state index is 10.6. The molecule has 0 radical (unpaired) electrons. The van der Waals surface area contributed by atoms with Crippen molar-refractivity contribution in [2.24, 2.45) is 5.41 Å². The summed E-state index contributed by atoms with van der Waals surface area (Å²) in [6.07, 6.45) is 15.2. The minimum Gasteiger partial charge on any atom is -0.288 e. The third-order valence-electron chi connectivity index (χ3n) is 3.57. The zero-order valence-corrected chi connectivity index (χ0v) is 14.2. The number of carbonyl (C=O) groups excluding carboxylic acids is 1. The van der Waals surface area contributed by atoms with Gasteiger partial charge in [0.2, 0.25) is 0 Å². The summed E-state index contributed by atoms with van der Waals surface area (Å²) in [4.78, 5) is 10.6. The summed E-state index contributed by atoms with van der Waals surface area (Å²) in [5.74, 6) is 0. The van der Waals surface area contributed by atoms with Crippen molar-refractivity contribution in [2.75, 3.05) is 0 Å². The first-order valence-corrected chi connectivity index (χ1v) is 8.58. The van der Waals surface area contributed by atoms with Gasteiger partial charge in [0.1, 0.15) is 0 Å².